The van der Waals surface area contributed by atoms with E-state index in [0.717, 1.165) is 22.3 Å². The summed E-state index contributed by atoms with van der Waals surface area (Å²) in [6.07, 6.45) is 1.09. The van der Waals surface area contributed by atoms with Gasteiger partial charge in [-0.05, 0) is 61.2 Å². The average molecular weight is 356 g/mol. The average Bonchev–Trinajstić information content (AvgIpc) is 2.91. The van der Waals surface area contributed by atoms with Crippen molar-refractivity contribution in [2.24, 2.45) is 0 Å². The number of hydrogen-bond donors (Lipinski definition) is 1. The summed E-state index contributed by atoms with van der Waals surface area (Å²) < 4.78 is 25.3. The van der Waals surface area contributed by atoms with Crippen LogP contribution in [0.4, 0.5) is 4.39 Å². The molecule has 0 bridgehead atoms. The predicted octanol–water partition coefficient (Wildman–Crippen LogP) is 4.49. The van der Waals surface area contributed by atoms with Gasteiger partial charge in [0.25, 0.3) is 0 Å². The second-order valence-corrected chi connectivity index (χ2v) is 6.59. The van der Waals surface area contributed by atoms with Gasteiger partial charge in [-0.15, -0.1) is 0 Å². The molecule has 26 heavy (non-hydrogen) atoms. The fourth-order valence-corrected chi connectivity index (χ4v) is 3.30. The van der Waals surface area contributed by atoms with Gasteiger partial charge in [0.05, 0.1) is 0 Å². The van der Waals surface area contributed by atoms with Gasteiger partial charge in [-0.2, -0.15) is 0 Å². The summed E-state index contributed by atoms with van der Waals surface area (Å²) in [5, 5.41) is 8.87. The number of benzene rings is 2. The number of rotatable bonds is 6. The van der Waals surface area contributed by atoms with Crippen molar-refractivity contribution < 1.29 is 23.8 Å². The van der Waals surface area contributed by atoms with Crippen molar-refractivity contribution in [3.8, 4) is 11.5 Å². The summed E-state index contributed by atoms with van der Waals surface area (Å²) in [6, 6.07) is 6.63. The molecule has 2 aromatic rings. The van der Waals surface area contributed by atoms with Gasteiger partial charge >= 0.3 is 5.97 Å². The molecule has 3 rings (SSSR count). The number of hydrogen-bond acceptors (Lipinski definition) is 3. The molecule has 4 nitrogen and oxygen atoms in total. The number of fused-ring (bicyclic) bond motifs is 1. The number of aliphatic carboxylic acids is 1. The van der Waals surface area contributed by atoms with Crippen LogP contribution < -0.4 is 9.47 Å². The van der Waals surface area contributed by atoms with Crippen LogP contribution in [0.3, 0.4) is 0 Å². The summed E-state index contributed by atoms with van der Waals surface area (Å²) in [5.41, 5.74) is 4.41. The van der Waals surface area contributed by atoms with Crippen LogP contribution in [-0.2, 0) is 24.2 Å². The molecule has 0 amide bonds. The summed E-state index contributed by atoms with van der Waals surface area (Å²) in [7, 11) is 0. The maximum absolute atomic E-state index is 13.8. The third kappa shape index (κ3) is 3.87. The molecule has 0 fully saturated rings. The van der Waals surface area contributed by atoms with Gasteiger partial charge in [-0.25, -0.2) is 4.39 Å². The molecular weight excluding hydrogens is 335 g/mol. The Morgan fingerprint density at radius 2 is 1.96 bits per heavy atom. The lowest BCUT2D eigenvalue weighted by Gasteiger charge is -2.14. The van der Waals surface area contributed by atoms with E-state index in [9.17, 15) is 9.18 Å². The van der Waals surface area contributed by atoms with Crippen LogP contribution in [0.25, 0.3) is 0 Å². The van der Waals surface area contributed by atoms with E-state index in [1.54, 1.807) is 0 Å². The standard InChI is InChI=1S/C21H21FO4/c1-12-6-18(7-13(2)19(12)4-5-20(23)24)25-11-16-10-17(22)9-15-8-14(3)26-21(15)16/h6-7,9-10H,3-5,8,11H2,1-2H3,(H,23,24). The molecule has 0 aliphatic carbocycles. The third-order valence-corrected chi connectivity index (χ3v) is 4.49. The zero-order valence-electron chi connectivity index (χ0n) is 14.9. The first-order chi connectivity index (χ1) is 12.3. The van der Waals surface area contributed by atoms with Gasteiger partial charge in [0.1, 0.15) is 29.7 Å². The number of carbonyl (C=O) groups is 1. The van der Waals surface area contributed by atoms with E-state index >= 15 is 0 Å². The lowest BCUT2D eigenvalue weighted by molar-refractivity contribution is -0.136. The van der Waals surface area contributed by atoms with Crippen molar-refractivity contribution in [3.63, 3.8) is 0 Å². The van der Waals surface area contributed by atoms with Crippen LogP contribution in [0.2, 0.25) is 0 Å². The maximum Gasteiger partial charge on any atom is 0.303 e. The van der Waals surface area contributed by atoms with Crippen LogP contribution in [0.5, 0.6) is 11.5 Å². The second-order valence-electron chi connectivity index (χ2n) is 6.59. The van der Waals surface area contributed by atoms with Crippen molar-refractivity contribution in [3.05, 3.63) is 70.2 Å². The van der Waals surface area contributed by atoms with Gasteiger partial charge in [-0.1, -0.05) is 6.58 Å². The molecule has 0 saturated carbocycles. The number of aryl methyl sites for hydroxylation is 2. The highest BCUT2D eigenvalue weighted by Crippen LogP contribution is 2.35. The van der Waals surface area contributed by atoms with Crippen molar-refractivity contribution >= 4 is 5.97 Å². The molecule has 1 N–H and O–H groups in total. The Bertz CT molecular complexity index is 863. The lowest BCUT2D eigenvalue weighted by atomic mass is 9.98. The highest BCUT2D eigenvalue weighted by molar-refractivity contribution is 5.67. The second kappa shape index (κ2) is 7.20. The quantitative estimate of drug-likeness (QED) is 0.829. The van der Waals surface area contributed by atoms with E-state index in [1.807, 2.05) is 26.0 Å². The third-order valence-electron chi connectivity index (χ3n) is 4.49. The molecular formula is C21H21FO4. The van der Waals surface area contributed by atoms with Crippen LogP contribution in [0.1, 0.15) is 34.2 Å². The highest BCUT2D eigenvalue weighted by Gasteiger charge is 2.21. The maximum atomic E-state index is 13.8. The first kappa shape index (κ1) is 18.0. The summed E-state index contributed by atoms with van der Waals surface area (Å²) in [5.74, 6) is 0.751. The number of halogens is 1. The Balaban J connectivity index is 1.77. The summed E-state index contributed by atoms with van der Waals surface area (Å²) >= 11 is 0. The summed E-state index contributed by atoms with van der Waals surface area (Å²) in [4.78, 5) is 10.8. The van der Waals surface area contributed by atoms with Crippen molar-refractivity contribution in [1.29, 1.82) is 0 Å². The van der Waals surface area contributed by atoms with Gasteiger partial charge < -0.3 is 14.6 Å². The number of carboxylic acid groups (broad SMARTS) is 1. The fraction of sp³-hybridized carbons (Fsp3) is 0.286. The van der Waals surface area contributed by atoms with Gasteiger partial charge in [0.2, 0.25) is 0 Å². The van der Waals surface area contributed by atoms with Crippen LogP contribution in [0.15, 0.2) is 36.6 Å². The van der Waals surface area contributed by atoms with E-state index in [2.05, 4.69) is 6.58 Å². The van der Waals surface area contributed by atoms with Crippen molar-refractivity contribution in [2.75, 3.05) is 0 Å². The van der Waals surface area contributed by atoms with E-state index in [0.29, 0.717) is 35.7 Å². The van der Waals surface area contributed by atoms with Gasteiger partial charge in [0, 0.05) is 24.0 Å². The van der Waals surface area contributed by atoms with Crippen LogP contribution in [-0.4, -0.2) is 11.1 Å². The summed E-state index contributed by atoms with van der Waals surface area (Å²) in [6.45, 7) is 7.84. The molecule has 0 radical (unpaired) electrons. The molecule has 0 atom stereocenters. The minimum Gasteiger partial charge on any atom is -0.489 e. The Kier molecular flexibility index (Phi) is 4.98. The topological polar surface area (TPSA) is 55.8 Å². The number of ether oxygens (including phenoxy) is 2. The normalized spacial score (nSPS) is 12.7. The largest absolute Gasteiger partial charge is 0.489 e. The molecule has 1 heterocycles. The minimum atomic E-state index is -0.814. The minimum absolute atomic E-state index is 0.0958. The van der Waals surface area contributed by atoms with E-state index in [-0.39, 0.29) is 18.8 Å². The molecule has 1 aliphatic rings. The molecule has 2 aromatic carbocycles. The van der Waals surface area contributed by atoms with E-state index < -0.39 is 5.97 Å². The van der Waals surface area contributed by atoms with Gasteiger partial charge in [-0.3, -0.25) is 4.79 Å². The Labute approximate surface area is 151 Å². The van der Waals surface area contributed by atoms with Crippen molar-refractivity contribution in [1.82, 2.24) is 0 Å². The Morgan fingerprint density at radius 3 is 2.62 bits per heavy atom. The molecule has 5 heteroatoms. The first-order valence-corrected chi connectivity index (χ1v) is 8.45. The van der Waals surface area contributed by atoms with E-state index in [1.165, 1.54) is 12.1 Å². The van der Waals surface area contributed by atoms with Crippen molar-refractivity contribution in [2.45, 2.75) is 39.7 Å². The molecule has 0 saturated heterocycles. The first-order valence-electron chi connectivity index (χ1n) is 8.45. The molecule has 136 valence electrons. The predicted molar refractivity (Wildman–Crippen MR) is 96.1 cm³/mol. The van der Waals surface area contributed by atoms with Gasteiger partial charge in [0.15, 0.2) is 0 Å². The van der Waals surface area contributed by atoms with Crippen LogP contribution in [0, 0.1) is 19.7 Å². The van der Waals surface area contributed by atoms with Crippen LogP contribution >= 0.6 is 0 Å². The zero-order chi connectivity index (χ0) is 18.8. The molecule has 0 unspecified atom stereocenters. The Hall–Kier alpha value is -2.82. The monoisotopic (exact) mass is 356 g/mol. The van der Waals surface area contributed by atoms with E-state index in [4.69, 9.17) is 14.6 Å². The fourth-order valence-electron chi connectivity index (χ4n) is 3.30. The zero-order valence-corrected chi connectivity index (χ0v) is 14.9. The number of allylic oxidation sites excluding steroid dienone is 1. The smallest absolute Gasteiger partial charge is 0.303 e. The molecule has 1 aliphatic heterocycles. The lowest BCUT2D eigenvalue weighted by Crippen LogP contribution is -2.03. The molecule has 0 spiro atoms. The Morgan fingerprint density at radius 1 is 1.27 bits per heavy atom. The number of carboxylic acids is 1. The SMILES string of the molecule is C=C1Cc2cc(F)cc(COc3cc(C)c(CCC(=O)O)c(C)c3)c2O1. The molecule has 0 aromatic heterocycles. The highest BCUT2D eigenvalue weighted by atomic mass is 19.1.